The number of hydrogen-bond donors (Lipinski definition) is 1. The Hall–Kier alpha value is -2.58. The summed E-state index contributed by atoms with van der Waals surface area (Å²) < 4.78 is 44.7. The topological polar surface area (TPSA) is 44.8 Å². The summed E-state index contributed by atoms with van der Waals surface area (Å²) in [6, 6.07) is 9.28. The minimum Gasteiger partial charge on any atom is -0.490 e. The maximum Gasteiger partial charge on any atom is 0.416 e. The molecule has 2 unspecified atom stereocenters. The molecule has 0 bridgehead atoms. The van der Waals surface area contributed by atoms with Gasteiger partial charge in [-0.2, -0.15) is 13.2 Å². The second-order valence-electron chi connectivity index (χ2n) is 10.3. The standard InChI is InChI=1S/C29H40F3N3O2/c1-19(2)33-14-13-20(3)37-27-12-11-26(21(4)22(27)5)23(6)34-15-17-35(18-16-34)28(36)24-7-9-25(10-8-24)29(30,31)32/h7-12,19-20,23,33H,13-18H2,1-6H3. The molecular formula is C29H40F3N3O2. The van der Waals surface area contributed by atoms with Crippen LogP contribution >= 0.6 is 0 Å². The first-order chi connectivity index (χ1) is 17.4. The van der Waals surface area contributed by atoms with E-state index >= 15 is 0 Å². The van der Waals surface area contributed by atoms with Gasteiger partial charge in [-0.25, -0.2) is 0 Å². The number of rotatable bonds is 9. The fourth-order valence-corrected chi connectivity index (χ4v) is 4.74. The molecule has 0 saturated carbocycles. The molecule has 5 nitrogen and oxygen atoms in total. The predicted octanol–water partition coefficient (Wildman–Crippen LogP) is 6.00. The highest BCUT2D eigenvalue weighted by Gasteiger charge is 2.31. The highest BCUT2D eigenvalue weighted by Crippen LogP contribution is 2.32. The Kier molecular flexibility index (Phi) is 9.64. The van der Waals surface area contributed by atoms with Crippen LogP contribution in [-0.4, -0.2) is 60.6 Å². The quantitative estimate of drug-likeness (QED) is 0.442. The van der Waals surface area contributed by atoms with Gasteiger partial charge in [-0.1, -0.05) is 19.9 Å². The highest BCUT2D eigenvalue weighted by molar-refractivity contribution is 5.94. The number of carbonyl (C=O) groups excluding carboxylic acids is 1. The summed E-state index contributed by atoms with van der Waals surface area (Å²) in [6.45, 7) is 16.1. The summed E-state index contributed by atoms with van der Waals surface area (Å²) >= 11 is 0. The zero-order valence-electron chi connectivity index (χ0n) is 22.8. The molecule has 37 heavy (non-hydrogen) atoms. The lowest BCUT2D eigenvalue weighted by molar-refractivity contribution is -0.137. The van der Waals surface area contributed by atoms with Crippen LogP contribution in [0, 0.1) is 13.8 Å². The molecule has 0 aromatic heterocycles. The number of benzene rings is 2. The van der Waals surface area contributed by atoms with E-state index in [9.17, 15) is 18.0 Å². The SMILES string of the molecule is Cc1c(OC(C)CCNC(C)C)ccc(C(C)N2CCN(C(=O)c3ccc(C(F)(F)F)cc3)CC2)c1C. The molecule has 1 N–H and O–H groups in total. The molecule has 0 radical (unpaired) electrons. The largest absolute Gasteiger partial charge is 0.490 e. The van der Waals surface area contributed by atoms with Gasteiger partial charge in [-0.05, 0) is 87.7 Å². The number of alkyl halides is 3. The number of amides is 1. The summed E-state index contributed by atoms with van der Waals surface area (Å²) in [6.07, 6.45) is -3.36. The number of halogens is 3. The third-order valence-electron chi connectivity index (χ3n) is 7.27. The number of carbonyl (C=O) groups is 1. The summed E-state index contributed by atoms with van der Waals surface area (Å²) in [4.78, 5) is 16.9. The first-order valence-corrected chi connectivity index (χ1v) is 13.1. The third-order valence-corrected chi connectivity index (χ3v) is 7.27. The van der Waals surface area contributed by atoms with Crippen molar-refractivity contribution in [2.24, 2.45) is 0 Å². The minimum absolute atomic E-state index is 0.114. The second kappa shape index (κ2) is 12.3. The second-order valence-corrected chi connectivity index (χ2v) is 10.3. The van der Waals surface area contributed by atoms with Crippen LogP contribution in [0.5, 0.6) is 5.75 Å². The van der Waals surface area contributed by atoms with Crippen LogP contribution in [-0.2, 0) is 6.18 Å². The van der Waals surface area contributed by atoms with Gasteiger partial charge < -0.3 is 15.0 Å². The molecule has 1 saturated heterocycles. The molecule has 1 heterocycles. The summed E-state index contributed by atoms with van der Waals surface area (Å²) in [5, 5.41) is 3.42. The van der Waals surface area contributed by atoms with Crippen molar-refractivity contribution < 1.29 is 22.7 Å². The maximum atomic E-state index is 12.8. The van der Waals surface area contributed by atoms with Crippen molar-refractivity contribution in [2.75, 3.05) is 32.7 Å². The van der Waals surface area contributed by atoms with Crippen LogP contribution in [0.15, 0.2) is 36.4 Å². The average molecular weight is 520 g/mol. The molecule has 2 aromatic carbocycles. The Morgan fingerprint density at radius 3 is 2.14 bits per heavy atom. The van der Waals surface area contributed by atoms with Crippen molar-refractivity contribution in [1.82, 2.24) is 15.1 Å². The Bertz CT molecular complexity index is 1050. The van der Waals surface area contributed by atoms with Gasteiger partial charge >= 0.3 is 6.18 Å². The lowest BCUT2D eigenvalue weighted by Gasteiger charge is -2.39. The Labute approximate surface area is 219 Å². The van der Waals surface area contributed by atoms with Crippen LogP contribution < -0.4 is 10.1 Å². The molecule has 2 aromatic rings. The summed E-state index contributed by atoms with van der Waals surface area (Å²) in [5.41, 5.74) is 3.12. The van der Waals surface area contributed by atoms with Gasteiger partial charge in [-0.3, -0.25) is 9.69 Å². The fourth-order valence-electron chi connectivity index (χ4n) is 4.74. The number of hydrogen-bond acceptors (Lipinski definition) is 4. The lowest BCUT2D eigenvalue weighted by Crippen LogP contribution is -2.49. The third kappa shape index (κ3) is 7.48. The van der Waals surface area contributed by atoms with E-state index < -0.39 is 11.7 Å². The van der Waals surface area contributed by atoms with Crippen molar-refractivity contribution in [2.45, 2.75) is 72.3 Å². The fraction of sp³-hybridized carbons (Fsp3) is 0.552. The number of nitrogens with zero attached hydrogens (tertiary/aromatic N) is 2. The van der Waals surface area contributed by atoms with Gasteiger partial charge in [0.1, 0.15) is 5.75 Å². The molecule has 1 aliphatic rings. The van der Waals surface area contributed by atoms with Gasteiger partial charge in [0.15, 0.2) is 0 Å². The minimum atomic E-state index is -4.41. The first-order valence-electron chi connectivity index (χ1n) is 13.1. The van der Waals surface area contributed by atoms with E-state index in [0.29, 0.717) is 32.2 Å². The molecule has 1 fully saturated rings. The molecule has 1 amide bonds. The Morgan fingerprint density at radius 1 is 0.946 bits per heavy atom. The van der Waals surface area contributed by atoms with E-state index in [1.165, 1.54) is 23.3 Å². The van der Waals surface area contributed by atoms with E-state index in [1.807, 2.05) is 0 Å². The van der Waals surface area contributed by atoms with E-state index in [0.717, 1.165) is 36.4 Å². The zero-order valence-corrected chi connectivity index (χ0v) is 22.8. The molecule has 0 aliphatic carbocycles. The van der Waals surface area contributed by atoms with Gasteiger partial charge in [0.05, 0.1) is 11.7 Å². The smallest absolute Gasteiger partial charge is 0.416 e. The van der Waals surface area contributed by atoms with Crippen LogP contribution in [0.1, 0.15) is 72.8 Å². The Morgan fingerprint density at radius 2 is 1.57 bits per heavy atom. The van der Waals surface area contributed by atoms with Gasteiger partial charge in [0.2, 0.25) is 0 Å². The molecule has 0 spiro atoms. The first kappa shape index (κ1) is 29.0. The van der Waals surface area contributed by atoms with Crippen LogP contribution in [0.25, 0.3) is 0 Å². The van der Waals surface area contributed by atoms with Crippen molar-refractivity contribution >= 4 is 5.91 Å². The van der Waals surface area contributed by atoms with Crippen molar-refractivity contribution in [3.8, 4) is 5.75 Å². The van der Waals surface area contributed by atoms with Gasteiger partial charge in [0, 0.05) is 43.8 Å². The van der Waals surface area contributed by atoms with E-state index in [1.54, 1.807) is 4.90 Å². The normalized spacial score (nSPS) is 16.6. The highest BCUT2D eigenvalue weighted by atomic mass is 19.4. The van der Waals surface area contributed by atoms with E-state index in [2.05, 4.69) is 63.9 Å². The maximum absolute atomic E-state index is 12.8. The lowest BCUT2D eigenvalue weighted by atomic mass is 9.96. The van der Waals surface area contributed by atoms with Gasteiger partial charge in [-0.15, -0.1) is 0 Å². The zero-order chi connectivity index (χ0) is 27.3. The molecule has 1 aliphatic heterocycles. The number of nitrogens with one attached hydrogen (secondary N) is 1. The van der Waals surface area contributed by atoms with Crippen molar-refractivity contribution in [3.63, 3.8) is 0 Å². The predicted molar refractivity (Wildman–Crippen MR) is 141 cm³/mol. The molecule has 204 valence electrons. The summed E-state index contributed by atoms with van der Waals surface area (Å²) in [5.74, 6) is 0.685. The van der Waals surface area contributed by atoms with Crippen LogP contribution in [0.4, 0.5) is 13.2 Å². The van der Waals surface area contributed by atoms with Crippen LogP contribution in [0.2, 0.25) is 0 Å². The van der Waals surface area contributed by atoms with Crippen molar-refractivity contribution in [1.29, 1.82) is 0 Å². The average Bonchev–Trinajstić information content (AvgIpc) is 2.85. The van der Waals surface area contributed by atoms with E-state index in [4.69, 9.17) is 4.74 Å². The molecular weight excluding hydrogens is 479 g/mol. The molecule has 8 heteroatoms. The van der Waals surface area contributed by atoms with Crippen LogP contribution in [0.3, 0.4) is 0 Å². The summed E-state index contributed by atoms with van der Waals surface area (Å²) in [7, 11) is 0. The Balaban J connectivity index is 1.58. The molecule has 2 atom stereocenters. The number of ether oxygens (including phenoxy) is 1. The van der Waals surface area contributed by atoms with E-state index in [-0.39, 0.29) is 23.6 Å². The number of piperazine rings is 1. The monoisotopic (exact) mass is 519 g/mol. The van der Waals surface area contributed by atoms with Gasteiger partial charge in [0.25, 0.3) is 5.91 Å². The van der Waals surface area contributed by atoms with Crippen molar-refractivity contribution in [3.05, 3.63) is 64.2 Å². The molecule has 3 rings (SSSR count).